The van der Waals surface area contributed by atoms with E-state index in [0.717, 1.165) is 18.8 Å². The predicted molar refractivity (Wildman–Crippen MR) is 95.1 cm³/mol. The number of anilines is 2. The van der Waals surface area contributed by atoms with Crippen LogP contribution < -0.4 is 15.0 Å². The normalized spacial score (nSPS) is 13.8. The lowest BCUT2D eigenvalue weighted by Crippen LogP contribution is -2.36. The van der Waals surface area contributed by atoms with Crippen LogP contribution in [0.2, 0.25) is 0 Å². The monoisotopic (exact) mass is 337 g/mol. The number of hydrogen-bond donors (Lipinski definition) is 1. The third kappa shape index (κ3) is 3.90. The SMILES string of the molecule is COc1ccc(N2CCOCC2)cc1NC(=O)c1cccc(C#N)c1. The molecule has 1 aliphatic rings. The first-order valence-corrected chi connectivity index (χ1v) is 8.03. The maximum atomic E-state index is 12.5. The number of nitrogens with zero attached hydrogens (tertiary/aromatic N) is 2. The van der Waals surface area contributed by atoms with E-state index in [9.17, 15) is 4.79 Å². The average molecular weight is 337 g/mol. The highest BCUT2D eigenvalue weighted by molar-refractivity contribution is 6.05. The summed E-state index contributed by atoms with van der Waals surface area (Å²) in [4.78, 5) is 14.7. The Kier molecular flexibility index (Phi) is 5.17. The molecule has 128 valence electrons. The van der Waals surface area contributed by atoms with Crippen LogP contribution in [0.3, 0.4) is 0 Å². The van der Waals surface area contributed by atoms with Crippen LogP contribution in [0.4, 0.5) is 11.4 Å². The van der Waals surface area contributed by atoms with E-state index >= 15 is 0 Å². The highest BCUT2D eigenvalue weighted by Crippen LogP contribution is 2.30. The van der Waals surface area contributed by atoms with E-state index in [4.69, 9.17) is 14.7 Å². The second-order valence-corrected chi connectivity index (χ2v) is 5.63. The summed E-state index contributed by atoms with van der Waals surface area (Å²) in [5.41, 5.74) is 2.48. The second-order valence-electron chi connectivity index (χ2n) is 5.63. The molecular formula is C19H19N3O3. The Balaban J connectivity index is 1.84. The van der Waals surface area contributed by atoms with Gasteiger partial charge in [-0.15, -0.1) is 0 Å². The highest BCUT2D eigenvalue weighted by atomic mass is 16.5. The third-order valence-corrected chi connectivity index (χ3v) is 4.06. The Morgan fingerprint density at radius 3 is 2.76 bits per heavy atom. The number of carbonyl (C=O) groups excluding carboxylic acids is 1. The second kappa shape index (κ2) is 7.69. The van der Waals surface area contributed by atoms with Crippen molar-refractivity contribution in [3.05, 3.63) is 53.6 Å². The molecule has 3 rings (SSSR count). The molecule has 6 nitrogen and oxygen atoms in total. The van der Waals surface area contributed by atoms with Gasteiger partial charge in [-0.1, -0.05) is 6.07 Å². The maximum absolute atomic E-state index is 12.5. The molecule has 2 aromatic rings. The lowest BCUT2D eigenvalue weighted by atomic mass is 10.1. The minimum atomic E-state index is -0.283. The number of benzene rings is 2. The Hall–Kier alpha value is -3.04. The summed E-state index contributed by atoms with van der Waals surface area (Å²) in [5, 5.41) is 11.9. The average Bonchev–Trinajstić information content (AvgIpc) is 2.68. The van der Waals surface area contributed by atoms with Gasteiger partial charge in [0.15, 0.2) is 0 Å². The van der Waals surface area contributed by atoms with Crippen LogP contribution in [-0.2, 0) is 4.74 Å². The van der Waals surface area contributed by atoms with Gasteiger partial charge in [0.25, 0.3) is 5.91 Å². The fourth-order valence-corrected chi connectivity index (χ4v) is 2.74. The van der Waals surface area contributed by atoms with Gasteiger partial charge in [-0.05, 0) is 36.4 Å². The molecule has 1 amide bonds. The summed E-state index contributed by atoms with van der Waals surface area (Å²) < 4.78 is 10.7. The molecule has 6 heteroatoms. The molecule has 1 saturated heterocycles. The third-order valence-electron chi connectivity index (χ3n) is 4.06. The molecule has 0 radical (unpaired) electrons. The first-order chi connectivity index (χ1) is 12.2. The molecule has 1 aliphatic heterocycles. The number of ether oxygens (including phenoxy) is 2. The summed E-state index contributed by atoms with van der Waals surface area (Å²) in [6.07, 6.45) is 0. The van der Waals surface area contributed by atoms with Gasteiger partial charge in [0.05, 0.1) is 37.6 Å². The zero-order chi connectivity index (χ0) is 17.6. The molecule has 0 aliphatic carbocycles. The number of methoxy groups -OCH3 is 1. The van der Waals surface area contributed by atoms with E-state index in [1.54, 1.807) is 31.4 Å². The van der Waals surface area contributed by atoms with Crippen molar-refractivity contribution in [3.8, 4) is 11.8 Å². The van der Waals surface area contributed by atoms with Gasteiger partial charge in [0.1, 0.15) is 5.75 Å². The standard InChI is InChI=1S/C19H19N3O3/c1-24-18-6-5-16(22-7-9-25-10-8-22)12-17(18)21-19(23)15-4-2-3-14(11-15)13-20/h2-6,11-12H,7-10H2,1H3,(H,21,23). The first-order valence-electron chi connectivity index (χ1n) is 8.03. The summed E-state index contributed by atoms with van der Waals surface area (Å²) in [6.45, 7) is 3.00. The zero-order valence-corrected chi connectivity index (χ0v) is 14.0. The van der Waals surface area contributed by atoms with Crippen molar-refractivity contribution in [3.63, 3.8) is 0 Å². The van der Waals surface area contributed by atoms with E-state index in [-0.39, 0.29) is 5.91 Å². The summed E-state index contributed by atoms with van der Waals surface area (Å²) in [7, 11) is 1.57. The molecular weight excluding hydrogens is 318 g/mol. The van der Waals surface area contributed by atoms with E-state index < -0.39 is 0 Å². The highest BCUT2D eigenvalue weighted by Gasteiger charge is 2.15. The van der Waals surface area contributed by atoms with Gasteiger partial charge in [0, 0.05) is 24.3 Å². The molecule has 0 unspecified atom stereocenters. The van der Waals surface area contributed by atoms with Crippen molar-refractivity contribution >= 4 is 17.3 Å². The number of nitriles is 1. The summed E-state index contributed by atoms with van der Waals surface area (Å²) in [6, 6.07) is 14.3. The van der Waals surface area contributed by atoms with Gasteiger partial charge in [0.2, 0.25) is 0 Å². The van der Waals surface area contributed by atoms with Gasteiger partial charge in [-0.25, -0.2) is 0 Å². The topological polar surface area (TPSA) is 74.6 Å². The molecule has 0 aromatic heterocycles. The first kappa shape index (κ1) is 16.8. The van der Waals surface area contributed by atoms with Crippen molar-refractivity contribution in [1.82, 2.24) is 0 Å². The fourth-order valence-electron chi connectivity index (χ4n) is 2.74. The van der Waals surface area contributed by atoms with E-state index in [1.807, 2.05) is 24.3 Å². The Morgan fingerprint density at radius 2 is 2.04 bits per heavy atom. The Labute approximate surface area is 146 Å². The molecule has 0 atom stereocenters. The lowest BCUT2D eigenvalue weighted by Gasteiger charge is -2.29. The Morgan fingerprint density at radius 1 is 1.24 bits per heavy atom. The number of rotatable bonds is 4. The number of morpholine rings is 1. The largest absolute Gasteiger partial charge is 0.495 e. The van der Waals surface area contributed by atoms with Crippen LogP contribution in [0.25, 0.3) is 0 Å². The molecule has 25 heavy (non-hydrogen) atoms. The minimum absolute atomic E-state index is 0.283. The summed E-state index contributed by atoms with van der Waals surface area (Å²) in [5.74, 6) is 0.302. The van der Waals surface area contributed by atoms with Gasteiger partial charge in [-0.3, -0.25) is 4.79 Å². The smallest absolute Gasteiger partial charge is 0.255 e. The number of hydrogen-bond acceptors (Lipinski definition) is 5. The fraction of sp³-hybridized carbons (Fsp3) is 0.263. The van der Waals surface area contributed by atoms with Gasteiger partial charge in [-0.2, -0.15) is 5.26 Å². The molecule has 0 saturated carbocycles. The Bertz CT molecular complexity index is 808. The van der Waals surface area contributed by atoms with Gasteiger partial charge < -0.3 is 19.7 Å². The number of nitrogens with one attached hydrogen (secondary N) is 1. The van der Waals surface area contributed by atoms with Crippen LogP contribution in [0.15, 0.2) is 42.5 Å². The van der Waals surface area contributed by atoms with E-state index in [1.165, 1.54) is 0 Å². The molecule has 0 spiro atoms. The minimum Gasteiger partial charge on any atom is -0.495 e. The van der Waals surface area contributed by atoms with Crippen molar-refractivity contribution in [2.75, 3.05) is 43.6 Å². The van der Waals surface area contributed by atoms with E-state index in [0.29, 0.717) is 35.8 Å². The summed E-state index contributed by atoms with van der Waals surface area (Å²) >= 11 is 0. The van der Waals surface area contributed by atoms with Crippen LogP contribution in [0.1, 0.15) is 15.9 Å². The zero-order valence-electron chi connectivity index (χ0n) is 14.0. The maximum Gasteiger partial charge on any atom is 0.255 e. The van der Waals surface area contributed by atoms with Crippen molar-refractivity contribution in [2.45, 2.75) is 0 Å². The van der Waals surface area contributed by atoms with Gasteiger partial charge >= 0.3 is 0 Å². The van der Waals surface area contributed by atoms with Crippen LogP contribution >= 0.6 is 0 Å². The molecule has 1 heterocycles. The quantitative estimate of drug-likeness (QED) is 0.928. The van der Waals surface area contributed by atoms with Crippen molar-refractivity contribution < 1.29 is 14.3 Å². The van der Waals surface area contributed by atoms with Crippen LogP contribution in [-0.4, -0.2) is 39.3 Å². The molecule has 1 N–H and O–H groups in total. The van der Waals surface area contributed by atoms with Crippen LogP contribution in [0.5, 0.6) is 5.75 Å². The van der Waals surface area contributed by atoms with Crippen LogP contribution in [0, 0.1) is 11.3 Å². The lowest BCUT2D eigenvalue weighted by molar-refractivity contribution is 0.102. The van der Waals surface area contributed by atoms with E-state index in [2.05, 4.69) is 10.2 Å². The van der Waals surface area contributed by atoms with Crippen molar-refractivity contribution in [2.24, 2.45) is 0 Å². The molecule has 2 aromatic carbocycles. The predicted octanol–water partition coefficient (Wildman–Crippen LogP) is 2.66. The number of carbonyl (C=O) groups is 1. The van der Waals surface area contributed by atoms with Crippen molar-refractivity contribution in [1.29, 1.82) is 5.26 Å². The number of amides is 1. The molecule has 1 fully saturated rings. The molecule has 0 bridgehead atoms.